The van der Waals surface area contributed by atoms with Crippen molar-refractivity contribution in [1.29, 1.82) is 0 Å². The standard InChI is InChI=1S/C17H28N2O2/c1-13(2)14(3)10-11-19(5)17(20)21-12-15-6-8-16(18-4)9-7-15/h6-9,13-14,18H,10-12H2,1-5H3. The minimum atomic E-state index is -0.261. The lowest BCUT2D eigenvalue weighted by Crippen LogP contribution is -2.29. The van der Waals surface area contributed by atoms with Gasteiger partial charge >= 0.3 is 6.09 Å². The third-order valence-electron chi connectivity index (χ3n) is 3.97. The Morgan fingerprint density at radius 3 is 2.38 bits per heavy atom. The van der Waals surface area contributed by atoms with Crippen LogP contribution in [0.3, 0.4) is 0 Å². The van der Waals surface area contributed by atoms with Gasteiger partial charge in [0.2, 0.25) is 0 Å². The first-order chi connectivity index (χ1) is 9.93. The molecule has 0 bridgehead atoms. The Bertz CT molecular complexity index is 429. The van der Waals surface area contributed by atoms with Gasteiger partial charge in [-0.1, -0.05) is 32.9 Å². The highest BCUT2D eigenvalue weighted by Gasteiger charge is 2.13. The highest BCUT2D eigenvalue weighted by molar-refractivity contribution is 5.67. The van der Waals surface area contributed by atoms with E-state index >= 15 is 0 Å². The average Bonchev–Trinajstić information content (AvgIpc) is 2.50. The quantitative estimate of drug-likeness (QED) is 0.826. The predicted molar refractivity (Wildman–Crippen MR) is 87.4 cm³/mol. The predicted octanol–water partition coefficient (Wildman–Crippen LogP) is 3.98. The van der Waals surface area contributed by atoms with Crippen LogP contribution < -0.4 is 5.32 Å². The first kappa shape index (κ1) is 17.3. The molecule has 0 aliphatic carbocycles. The molecule has 1 amide bonds. The summed E-state index contributed by atoms with van der Waals surface area (Å²) in [4.78, 5) is 13.6. The average molecular weight is 292 g/mol. The first-order valence-corrected chi connectivity index (χ1v) is 7.58. The number of amides is 1. The third-order valence-corrected chi connectivity index (χ3v) is 3.97. The number of ether oxygens (including phenoxy) is 1. The fourth-order valence-electron chi connectivity index (χ4n) is 1.84. The molecule has 1 unspecified atom stereocenters. The lowest BCUT2D eigenvalue weighted by atomic mass is 9.95. The van der Waals surface area contributed by atoms with Gasteiger partial charge in [-0.15, -0.1) is 0 Å². The number of carbonyl (C=O) groups excluding carboxylic acids is 1. The van der Waals surface area contributed by atoms with Crippen molar-refractivity contribution in [3.05, 3.63) is 29.8 Å². The van der Waals surface area contributed by atoms with E-state index in [-0.39, 0.29) is 6.09 Å². The van der Waals surface area contributed by atoms with Crippen LogP contribution >= 0.6 is 0 Å². The first-order valence-electron chi connectivity index (χ1n) is 7.58. The highest BCUT2D eigenvalue weighted by atomic mass is 16.6. The Kier molecular flexibility index (Phi) is 7.06. The van der Waals surface area contributed by atoms with Gasteiger partial charge in [0, 0.05) is 26.3 Å². The number of nitrogens with zero attached hydrogens (tertiary/aromatic N) is 1. The van der Waals surface area contributed by atoms with Gasteiger partial charge in [0.25, 0.3) is 0 Å². The minimum absolute atomic E-state index is 0.261. The van der Waals surface area contributed by atoms with E-state index in [0.29, 0.717) is 18.4 Å². The maximum atomic E-state index is 11.9. The molecule has 21 heavy (non-hydrogen) atoms. The maximum Gasteiger partial charge on any atom is 0.409 e. The van der Waals surface area contributed by atoms with Crippen LogP contribution in [0.25, 0.3) is 0 Å². The van der Waals surface area contributed by atoms with Crippen LogP contribution in [0.2, 0.25) is 0 Å². The number of carbonyl (C=O) groups is 1. The van der Waals surface area contributed by atoms with Crippen LogP contribution in [-0.2, 0) is 11.3 Å². The molecule has 1 aromatic carbocycles. The molecule has 0 spiro atoms. The number of hydrogen-bond acceptors (Lipinski definition) is 3. The lowest BCUT2D eigenvalue weighted by molar-refractivity contribution is 0.102. The zero-order chi connectivity index (χ0) is 15.8. The van der Waals surface area contributed by atoms with Crippen molar-refractivity contribution >= 4 is 11.8 Å². The van der Waals surface area contributed by atoms with E-state index in [1.807, 2.05) is 31.3 Å². The van der Waals surface area contributed by atoms with Crippen molar-refractivity contribution in [2.24, 2.45) is 11.8 Å². The number of benzene rings is 1. The Hall–Kier alpha value is -1.71. The van der Waals surface area contributed by atoms with Crippen LogP contribution in [-0.4, -0.2) is 31.6 Å². The molecular formula is C17H28N2O2. The van der Waals surface area contributed by atoms with Crippen molar-refractivity contribution in [2.45, 2.75) is 33.8 Å². The fourth-order valence-corrected chi connectivity index (χ4v) is 1.84. The van der Waals surface area contributed by atoms with E-state index < -0.39 is 0 Å². The molecule has 118 valence electrons. The monoisotopic (exact) mass is 292 g/mol. The van der Waals surface area contributed by atoms with Gasteiger partial charge in [-0.2, -0.15) is 0 Å². The summed E-state index contributed by atoms with van der Waals surface area (Å²) in [5.41, 5.74) is 2.04. The molecule has 1 N–H and O–H groups in total. The molecule has 0 saturated carbocycles. The summed E-state index contributed by atoms with van der Waals surface area (Å²) in [6.07, 6.45) is 0.740. The Labute approximate surface area is 128 Å². The van der Waals surface area contributed by atoms with Gasteiger partial charge in [0.05, 0.1) is 0 Å². The second-order valence-corrected chi connectivity index (χ2v) is 5.93. The minimum Gasteiger partial charge on any atom is -0.445 e. The van der Waals surface area contributed by atoms with Crippen LogP contribution in [0.1, 0.15) is 32.8 Å². The van der Waals surface area contributed by atoms with Gasteiger partial charge in [-0.3, -0.25) is 0 Å². The molecule has 0 aliphatic heterocycles. The van der Waals surface area contributed by atoms with Gasteiger partial charge in [0.1, 0.15) is 6.61 Å². The van der Waals surface area contributed by atoms with E-state index in [0.717, 1.165) is 24.2 Å². The van der Waals surface area contributed by atoms with Crippen LogP contribution in [0.15, 0.2) is 24.3 Å². The molecule has 0 fully saturated rings. The Morgan fingerprint density at radius 1 is 1.24 bits per heavy atom. The van der Waals surface area contributed by atoms with E-state index in [2.05, 4.69) is 26.1 Å². The molecule has 0 saturated heterocycles. The molecule has 1 atom stereocenters. The molecular weight excluding hydrogens is 264 g/mol. The number of anilines is 1. The van der Waals surface area contributed by atoms with E-state index in [1.165, 1.54) is 0 Å². The van der Waals surface area contributed by atoms with Gasteiger partial charge < -0.3 is 15.0 Å². The maximum absolute atomic E-state index is 11.9. The number of rotatable bonds is 7. The van der Waals surface area contributed by atoms with Crippen LogP contribution in [0.4, 0.5) is 10.5 Å². The van der Waals surface area contributed by atoms with Crippen LogP contribution in [0, 0.1) is 11.8 Å². The molecule has 1 rings (SSSR count). The summed E-state index contributed by atoms with van der Waals surface area (Å²) in [6.45, 7) is 7.67. The molecule has 4 nitrogen and oxygen atoms in total. The SMILES string of the molecule is CNc1ccc(COC(=O)N(C)CCC(C)C(C)C)cc1. The third kappa shape index (κ3) is 6.06. The number of nitrogens with one attached hydrogen (secondary N) is 1. The van der Waals surface area contributed by atoms with Crippen molar-refractivity contribution < 1.29 is 9.53 Å². The molecule has 0 aliphatic rings. The second-order valence-electron chi connectivity index (χ2n) is 5.93. The lowest BCUT2D eigenvalue weighted by Gasteiger charge is -2.21. The van der Waals surface area contributed by atoms with E-state index in [1.54, 1.807) is 11.9 Å². The normalized spacial score (nSPS) is 12.1. The molecule has 0 radical (unpaired) electrons. The summed E-state index contributed by atoms with van der Waals surface area (Å²) >= 11 is 0. The Morgan fingerprint density at radius 2 is 1.86 bits per heavy atom. The summed E-state index contributed by atoms with van der Waals surface area (Å²) < 4.78 is 5.32. The summed E-state index contributed by atoms with van der Waals surface area (Å²) in [5.74, 6) is 1.24. The molecule has 4 heteroatoms. The van der Waals surface area contributed by atoms with Crippen molar-refractivity contribution in [2.75, 3.05) is 26.0 Å². The summed E-state index contributed by atoms with van der Waals surface area (Å²) in [5, 5.41) is 3.06. The number of hydrogen-bond donors (Lipinski definition) is 1. The van der Waals surface area contributed by atoms with E-state index in [9.17, 15) is 4.79 Å². The van der Waals surface area contributed by atoms with Crippen molar-refractivity contribution in [3.8, 4) is 0 Å². The molecule has 0 heterocycles. The van der Waals surface area contributed by atoms with Crippen LogP contribution in [0.5, 0.6) is 0 Å². The molecule has 0 aromatic heterocycles. The fraction of sp³-hybridized carbons (Fsp3) is 0.588. The second kappa shape index (κ2) is 8.55. The zero-order valence-corrected chi connectivity index (χ0v) is 13.8. The largest absolute Gasteiger partial charge is 0.445 e. The topological polar surface area (TPSA) is 41.6 Å². The zero-order valence-electron chi connectivity index (χ0n) is 13.8. The summed E-state index contributed by atoms with van der Waals surface area (Å²) in [6, 6.07) is 7.86. The molecule has 1 aromatic rings. The van der Waals surface area contributed by atoms with Gasteiger partial charge in [-0.25, -0.2) is 4.79 Å². The van der Waals surface area contributed by atoms with Gasteiger partial charge in [-0.05, 0) is 36.0 Å². The Balaban J connectivity index is 2.34. The van der Waals surface area contributed by atoms with Crippen molar-refractivity contribution in [1.82, 2.24) is 4.90 Å². The van der Waals surface area contributed by atoms with Gasteiger partial charge in [0.15, 0.2) is 0 Å². The van der Waals surface area contributed by atoms with Crippen molar-refractivity contribution in [3.63, 3.8) is 0 Å². The van der Waals surface area contributed by atoms with E-state index in [4.69, 9.17) is 4.74 Å². The highest BCUT2D eigenvalue weighted by Crippen LogP contribution is 2.14. The smallest absolute Gasteiger partial charge is 0.409 e. The summed E-state index contributed by atoms with van der Waals surface area (Å²) in [7, 11) is 3.67.